The van der Waals surface area contributed by atoms with Crippen molar-refractivity contribution in [1.29, 1.82) is 0 Å². The van der Waals surface area contributed by atoms with Crippen molar-refractivity contribution in [2.45, 2.75) is 20.0 Å². The molecule has 0 saturated carbocycles. The Morgan fingerprint density at radius 3 is 2.72 bits per heavy atom. The van der Waals surface area contributed by atoms with Crippen LogP contribution in [0.25, 0.3) is 22.1 Å². The van der Waals surface area contributed by atoms with Crippen molar-refractivity contribution in [2.24, 2.45) is 12.1 Å². The van der Waals surface area contributed by atoms with Crippen LogP contribution in [0.5, 0.6) is 11.5 Å². The summed E-state index contributed by atoms with van der Waals surface area (Å²) in [7, 11) is 3.57. The minimum Gasteiger partial charge on any atom is -0.493 e. The lowest BCUT2D eigenvalue weighted by atomic mass is 10.2. The fraction of sp³-hybridized carbons (Fsp3) is 0.238. The first-order chi connectivity index (χ1) is 14.1. The van der Waals surface area contributed by atoms with E-state index in [2.05, 4.69) is 25.7 Å². The molecule has 0 amide bonds. The topological polar surface area (TPSA) is 86.5 Å². The van der Waals surface area contributed by atoms with Gasteiger partial charge in [-0.25, -0.2) is 5.43 Å². The summed E-state index contributed by atoms with van der Waals surface area (Å²) < 4.78 is 13.1. The predicted molar refractivity (Wildman–Crippen MR) is 114 cm³/mol. The molecule has 8 heteroatoms. The molecular formula is C21H22N6O2. The van der Waals surface area contributed by atoms with Crippen molar-refractivity contribution in [3.8, 4) is 11.5 Å². The molecule has 0 spiro atoms. The van der Waals surface area contributed by atoms with E-state index in [1.807, 2.05) is 67.9 Å². The maximum absolute atomic E-state index is 5.73. The lowest BCUT2D eigenvalue weighted by molar-refractivity contribution is 0.230. The Bertz CT molecular complexity index is 1200. The van der Waals surface area contributed by atoms with Crippen LogP contribution in [-0.2, 0) is 7.05 Å². The molecule has 4 rings (SSSR count). The van der Waals surface area contributed by atoms with Crippen LogP contribution >= 0.6 is 0 Å². The van der Waals surface area contributed by atoms with Crippen LogP contribution in [-0.4, -0.2) is 39.2 Å². The minimum atomic E-state index is 0.0683. The molecule has 0 aliphatic carbocycles. The number of fused-ring (bicyclic) bond motifs is 3. The van der Waals surface area contributed by atoms with Crippen LogP contribution in [0.2, 0.25) is 0 Å². The average Bonchev–Trinajstić information content (AvgIpc) is 3.01. The van der Waals surface area contributed by atoms with Gasteiger partial charge >= 0.3 is 0 Å². The van der Waals surface area contributed by atoms with Crippen molar-refractivity contribution in [3.63, 3.8) is 0 Å². The number of aryl methyl sites for hydroxylation is 1. The van der Waals surface area contributed by atoms with Crippen LogP contribution in [0.4, 0.5) is 5.95 Å². The molecule has 4 aromatic rings. The second-order valence-corrected chi connectivity index (χ2v) is 6.83. The van der Waals surface area contributed by atoms with Gasteiger partial charge in [-0.2, -0.15) is 10.1 Å². The second-order valence-electron chi connectivity index (χ2n) is 6.83. The zero-order chi connectivity index (χ0) is 20.4. The molecule has 2 aromatic carbocycles. The number of methoxy groups -OCH3 is 1. The predicted octanol–water partition coefficient (Wildman–Crippen LogP) is 3.76. The highest BCUT2D eigenvalue weighted by Crippen LogP contribution is 2.28. The van der Waals surface area contributed by atoms with Crippen LogP contribution < -0.4 is 14.9 Å². The molecule has 0 fully saturated rings. The van der Waals surface area contributed by atoms with E-state index in [-0.39, 0.29) is 6.10 Å². The number of hydrogen-bond acceptors (Lipinski definition) is 7. The Kier molecular flexibility index (Phi) is 4.99. The number of anilines is 1. The molecule has 29 heavy (non-hydrogen) atoms. The number of benzene rings is 2. The Morgan fingerprint density at radius 1 is 1.10 bits per heavy atom. The molecule has 148 valence electrons. The van der Waals surface area contributed by atoms with Gasteiger partial charge in [0.25, 0.3) is 5.95 Å². The average molecular weight is 390 g/mol. The van der Waals surface area contributed by atoms with Crippen LogP contribution in [0.3, 0.4) is 0 Å². The molecule has 0 bridgehead atoms. The summed E-state index contributed by atoms with van der Waals surface area (Å²) in [6, 6.07) is 13.6. The third-order valence-corrected chi connectivity index (χ3v) is 4.44. The van der Waals surface area contributed by atoms with Gasteiger partial charge in [-0.3, -0.25) is 0 Å². The van der Waals surface area contributed by atoms with E-state index >= 15 is 0 Å². The molecule has 2 heterocycles. The van der Waals surface area contributed by atoms with Crippen molar-refractivity contribution < 1.29 is 9.47 Å². The largest absolute Gasteiger partial charge is 0.493 e. The van der Waals surface area contributed by atoms with Crippen LogP contribution in [0.15, 0.2) is 47.6 Å². The molecule has 0 atom stereocenters. The normalized spacial score (nSPS) is 11.6. The summed E-state index contributed by atoms with van der Waals surface area (Å²) in [6.07, 6.45) is 1.73. The number of rotatable bonds is 6. The van der Waals surface area contributed by atoms with E-state index in [1.165, 1.54) is 0 Å². The summed E-state index contributed by atoms with van der Waals surface area (Å²) >= 11 is 0. The highest BCUT2D eigenvalue weighted by Gasteiger charge is 2.12. The number of nitrogens with one attached hydrogen (secondary N) is 1. The molecule has 2 aromatic heterocycles. The molecular weight excluding hydrogens is 368 g/mol. The molecule has 8 nitrogen and oxygen atoms in total. The fourth-order valence-corrected chi connectivity index (χ4v) is 3.13. The summed E-state index contributed by atoms with van der Waals surface area (Å²) in [5.41, 5.74) is 6.26. The van der Waals surface area contributed by atoms with E-state index in [0.29, 0.717) is 17.4 Å². The highest BCUT2D eigenvalue weighted by atomic mass is 16.5. The third kappa shape index (κ3) is 3.69. The first-order valence-corrected chi connectivity index (χ1v) is 9.28. The first kappa shape index (κ1) is 18.7. The summed E-state index contributed by atoms with van der Waals surface area (Å²) in [6.45, 7) is 3.94. The molecule has 1 N–H and O–H groups in total. The van der Waals surface area contributed by atoms with Crippen LogP contribution in [0, 0.1) is 0 Å². The molecule has 0 aliphatic rings. The highest BCUT2D eigenvalue weighted by molar-refractivity contribution is 6.04. The number of para-hydroxylation sites is 1. The van der Waals surface area contributed by atoms with Gasteiger partial charge in [0.15, 0.2) is 17.1 Å². The molecule has 0 aliphatic heterocycles. The van der Waals surface area contributed by atoms with Gasteiger partial charge in [-0.05, 0) is 43.7 Å². The monoisotopic (exact) mass is 390 g/mol. The minimum absolute atomic E-state index is 0.0683. The Labute approximate surface area is 168 Å². The van der Waals surface area contributed by atoms with Gasteiger partial charge in [0.1, 0.15) is 5.52 Å². The van der Waals surface area contributed by atoms with E-state index in [4.69, 9.17) is 9.47 Å². The Morgan fingerprint density at radius 2 is 1.93 bits per heavy atom. The Hall–Kier alpha value is -3.68. The van der Waals surface area contributed by atoms with Crippen molar-refractivity contribution >= 4 is 34.2 Å². The standard InChI is InChI=1S/C21H22N6O2/c1-13(2)29-17-10-9-14(11-18(17)28-4)12-22-25-21-23-20-19(24-26-21)15-7-5-6-8-16(15)27(20)3/h5-13H,1-4H3,(H,23,25,26)/b22-12+. The Balaban J connectivity index is 1.55. The van der Waals surface area contributed by atoms with Crippen molar-refractivity contribution in [3.05, 3.63) is 48.0 Å². The lowest BCUT2D eigenvalue weighted by Crippen LogP contribution is -2.07. The van der Waals surface area contributed by atoms with Crippen molar-refractivity contribution in [1.82, 2.24) is 19.7 Å². The number of hydrogen-bond donors (Lipinski definition) is 1. The van der Waals surface area contributed by atoms with Crippen LogP contribution in [0.1, 0.15) is 19.4 Å². The third-order valence-electron chi connectivity index (χ3n) is 4.44. The SMILES string of the molecule is COc1cc(/C=N/Nc2nnc3c4ccccc4n(C)c3n2)ccc1OC(C)C. The van der Waals surface area contributed by atoms with Gasteiger partial charge in [0, 0.05) is 12.4 Å². The summed E-state index contributed by atoms with van der Waals surface area (Å²) in [5, 5.41) is 13.7. The number of hydrazone groups is 1. The maximum Gasteiger partial charge on any atom is 0.265 e. The summed E-state index contributed by atoms with van der Waals surface area (Å²) in [4.78, 5) is 4.54. The smallest absolute Gasteiger partial charge is 0.265 e. The first-order valence-electron chi connectivity index (χ1n) is 9.28. The van der Waals surface area contributed by atoms with Gasteiger partial charge in [-0.1, -0.05) is 18.2 Å². The molecule has 0 radical (unpaired) electrons. The second kappa shape index (κ2) is 7.75. The molecule has 0 unspecified atom stereocenters. The van der Waals surface area contributed by atoms with Crippen molar-refractivity contribution in [2.75, 3.05) is 12.5 Å². The quantitative estimate of drug-likeness (QED) is 0.398. The van der Waals surface area contributed by atoms with Gasteiger partial charge < -0.3 is 14.0 Å². The zero-order valence-electron chi connectivity index (χ0n) is 16.7. The van der Waals surface area contributed by atoms with Gasteiger partial charge in [0.2, 0.25) is 0 Å². The van der Waals surface area contributed by atoms with E-state index in [0.717, 1.165) is 27.6 Å². The number of ether oxygens (including phenoxy) is 2. The summed E-state index contributed by atoms with van der Waals surface area (Å²) in [5.74, 6) is 1.67. The van der Waals surface area contributed by atoms with E-state index in [1.54, 1.807) is 13.3 Å². The number of nitrogens with zero attached hydrogens (tertiary/aromatic N) is 5. The molecule has 0 saturated heterocycles. The zero-order valence-corrected chi connectivity index (χ0v) is 16.7. The van der Waals surface area contributed by atoms with E-state index < -0.39 is 0 Å². The fourth-order valence-electron chi connectivity index (χ4n) is 3.13. The van der Waals surface area contributed by atoms with E-state index in [9.17, 15) is 0 Å². The maximum atomic E-state index is 5.73. The number of aromatic nitrogens is 4. The van der Waals surface area contributed by atoms with Gasteiger partial charge in [0.05, 0.1) is 24.9 Å². The van der Waals surface area contributed by atoms with Gasteiger partial charge in [-0.15, -0.1) is 10.2 Å². The lowest BCUT2D eigenvalue weighted by Gasteiger charge is -2.13.